The van der Waals surface area contributed by atoms with E-state index in [1.54, 1.807) is 24.3 Å². The largest absolute Gasteiger partial charge is 0.353 e. The van der Waals surface area contributed by atoms with Gasteiger partial charge >= 0.3 is 0 Å². The monoisotopic (exact) mass is 442 g/mol. The molecule has 160 valence electrons. The molecule has 0 aliphatic carbocycles. The number of benzene rings is 3. The lowest BCUT2D eigenvalue weighted by atomic mass is 10.1. The Morgan fingerprint density at radius 1 is 0.750 bits per heavy atom. The second kappa shape index (κ2) is 8.97. The van der Waals surface area contributed by atoms with Gasteiger partial charge in [-0.05, 0) is 42.8 Å². The Hall–Kier alpha value is -3.44. The summed E-state index contributed by atoms with van der Waals surface area (Å²) >= 11 is 5.98. The molecule has 0 bridgehead atoms. The van der Waals surface area contributed by atoms with Crippen molar-refractivity contribution < 1.29 is 4.79 Å². The number of hydrogen-bond donors (Lipinski definition) is 0. The lowest BCUT2D eigenvalue weighted by Gasteiger charge is -2.25. The molecule has 1 aliphatic heterocycles. The van der Waals surface area contributed by atoms with Gasteiger partial charge in [0.05, 0.1) is 11.0 Å². The maximum absolute atomic E-state index is 13.0. The molecule has 1 aliphatic rings. The number of carbonyl (C=O) groups is 1. The van der Waals surface area contributed by atoms with Crippen LogP contribution in [-0.4, -0.2) is 47.0 Å². The summed E-state index contributed by atoms with van der Waals surface area (Å²) in [6.07, 6.45) is 0.863. The van der Waals surface area contributed by atoms with Crippen molar-refractivity contribution >= 4 is 34.4 Å². The van der Waals surface area contributed by atoms with Crippen LogP contribution in [0.15, 0.2) is 78.9 Å². The molecule has 5 nitrogen and oxygen atoms in total. The van der Waals surface area contributed by atoms with Crippen molar-refractivity contribution in [3.05, 3.63) is 89.4 Å². The molecule has 0 unspecified atom stereocenters. The van der Waals surface area contributed by atoms with Crippen LogP contribution in [0.5, 0.6) is 0 Å². The quantitative estimate of drug-likeness (QED) is 0.432. The van der Waals surface area contributed by atoms with Gasteiger partial charge in [0.2, 0.25) is 0 Å². The fourth-order valence-corrected chi connectivity index (χ4v) is 4.23. The second-order valence-corrected chi connectivity index (χ2v) is 8.33. The molecule has 5 rings (SSSR count). The highest BCUT2D eigenvalue weighted by Gasteiger charge is 2.23. The van der Waals surface area contributed by atoms with Crippen molar-refractivity contribution in [2.45, 2.75) is 6.42 Å². The first kappa shape index (κ1) is 20.5. The number of rotatable bonds is 3. The summed E-state index contributed by atoms with van der Waals surface area (Å²) in [4.78, 5) is 27.1. The summed E-state index contributed by atoms with van der Waals surface area (Å²) in [6.45, 7) is 2.85. The second-order valence-electron chi connectivity index (χ2n) is 7.89. The van der Waals surface area contributed by atoms with Gasteiger partial charge in [0, 0.05) is 42.3 Å². The molecule has 32 heavy (non-hydrogen) atoms. The predicted octanol–water partition coefficient (Wildman–Crippen LogP) is 5.30. The van der Waals surface area contributed by atoms with Gasteiger partial charge in [0.1, 0.15) is 5.69 Å². The summed E-state index contributed by atoms with van der Waals surface area (Å²) in [5, 5.41) is 0.631. The molecular formula is C26H23ClN4O. The van der Waals surface area contributed by atoms with Crippen LogP contribution in [-0.2, 0) is 0 Å². The Bertz CT molecular complexity index is 1240. The number of halogens is 1. The van der Waals surface area contributed by atoms with E-state index in [4.69, 9.17) is 21.6 Å². The van der Waals surface area contributed by atoms with Crippen LogP contribution in [0.1, 0.15) is 16.8 Å². The Morgan fingerprint density at radius 2 is 1.44 bits per heavy atom. The molecule has 0 saturated carbocycles. The average Bonchev–Trinajstić information content (AvgIpc) is 3.10. The molecule has 0 N–H and O–H groups in total. The van der Waals surface area contributed by atoms with E-state index in [0.29, 0.717) is 30.2 Å². The Balaban J connectivity index is 1.45. The average molecular weight is 443 g/mol. The van der Waals surface area contributed by atoms with E-state index in [1.165, 1.54) is 0 Å². The zero-order valence-corrected chi connectivity index (χ0v) is 18.4. The van der Waals surface area contributed by atoms with Gasteiger partial charge in [0.15, 0.2) is 5.82 Å². The maximum atomic E-state index is 13.0. The molecule has 0 atom stereocenters. The van der Waals surface area contributed by atoms with Gasteiger partial charge in [-0.2, -0.15) is 0 Å². The first-order valence-electron chi connectivity index (χ1n) is 10.8. The minimum atomic E-state index is 0.0383. The number of hydrogen-bond acceptors (Lipinski definition) is 4. The number of carbonyl (C=O) groups excluding carboxylic acids is 1. The Morgan fingerprint density at radius 3 is 2.19 bits per heavy atom. The normalized spacial score (nSPS) is 14.4. The Labute approximate surface area is 192 Å². The van der Waals surface area contributed by atoms with E-state index in [1.807, 2.05) is 47.4 Å². The van der Waals surface area contributed by atoms with Crippen LogP contribution in [0.25, 0.3) is 22.3 Å². The van der Waals surface area contributed by atoms with Crippen LogP contribution in [0.4, 0.5) is 5.82 Å². The van der Waals surface area contributed by atoms with Gasteiger partial charge in [-0.1, -0.05) is 54.1 Å². The van der Waals surface area contributed by atoms with Gasteiger partial charge in [-0.15, -0.1) is 0 Å². The molecule has 1 fully saturated rings. The molecule has 1 aromatic heterocycles. The van der Waals surface area contributed by atoms with E-state index in [9.17, 15) is 4.79 Å². The maximum Gasteiger partial charge on any atom is 0.253 e. The van der Waals surface area contributed by atoms with Crippen molar-refractivity contribution in [1.29, 1.82) is 0 Å². The minimum Gasteiger partial charge on any atom is -0.353 e. The number of fused-ring (bicyclic) bond motifs is 1. The standard InChI is InChI=1S/C26H23ClN4O/c27-21-13-11-20(12-14-21)26(32)31-16-6-15-30(17-18-31)25-24(19-7-2-1-3-8-19)28-22-9-4-5-10-23(22)29-25/h1-5,7-14H,6,15-18H2. The van der Waals surface area contributed by atoms with Crippen LogP contribution < -0.4 is 4.90 Å². The van der Waals surface area contributed by atoms with Gasteiger partial charge in [-0.25, -0.2) is 9.97 Å². The van der Waals surface area contributed by atoms with E-state index in [2.05, 4.69) is 17.0 Å². The molecule has 1 amide bonds. The number of para-hydroxylation sites is 2. The number of nitrogens with zero attached hydrogens (tertiary/aromatic N) is 4. The third-order valence-electron chi connectivity index (χ3n) is 5.77. The number of aromatic nitrogens is 2. The first-order valence-corrected chi connectivity index (χ1v) is 11.2. The van der Waals surface area contributed by atoms with E-state index in [0.717, 1.165) is 41.1 Å². The van der Waals surface area contributed by atoms with Gasteiger partial charge < -0.3 is 9.80 Å². The van der Waals surface area contributed by atoms with Crippen LogP contribution in [0.3, 0.4) is 0 Å². The van der Waals surface area contributed by atoms with E-state index in [-0.39, 0.29) is 5.91 Å². The molecule has 6 heteroatoms. The number of anilines is 1. The summed E-state index contributed by atoms with van der Waals surface area (Å²) < 4.78 is 0. The molecule has 4 aromatic rings. The van der Waals surface area contributed by atoms with Crippen molar-refractivity contribution in [3.8, 4) is 11.3 Å². The van der Waals surface area contributed by atoms with Crippen LogP contribution in [0.2, 0.25) is 5.02 Å². The number of amides is 1. The third kappa shape index (κ3) is 4.16. The zero-order valence-electron chi connectivity index (χ0n) is 17.6. The molecule has 1 saturated heterocycles. The van der Waals surface area contributed by atoms with Crippen molar-refractivity contribution in [3.63, 3.8) is 0 Å². The highest BCUT2D eigenvalue weighted by molar-refractivity contribution is 6.30. The lowest BCUT2D eigenvalue weighted by Crippen LogP contribution is -2.35. The summed E-state index contributed by atoms with van der Waals surface area (Å²) in [5.74, 6) is 0.909. The Kier molecular flexibility index (Phi) is 5.73. The first-order chi connectivity index (χ1) is 15.7. The van der Waals surface area contributed by atoms with Gasteiger partial charge in [0.25, 0.3) is 5.91 Å². The fourth-order valence-electron chi connectivity index (χ4n) is 4.11. The highest BCUT2D eigenvalue weighted by Crippen LogP contribution is 2.30. The third-order valence-corrected chi connectivity index (χ3v) is 6.03. The van der Waals surface area contributed by atoms with Gasteiger partial charge in [-0.3, -0.25) is 4.79 Å². The van der Waals surface area contributed by atoms with Crippen molar-refractivity contribution in [1.82, 2.24) is 14.9 Å². The SMILES string of the molecule is O=C(c1ccc(Cl)cc1)N1CCCN(c2nc3ccccc3nc2-c2ccccc2)CC1. The molecular weight excluding hydrogens is 420 g/mol. The fraction of sp³-hybridized carbons (Fsp3) is 0.192. The smallest absolute Gasteiger partial charge is 0.253 e. The summed E-state index contributed by atoms with van der Waals surface area (Å²) in [7, 11) is 0. The van der Waals surface area contributed by atoms with E-state index < -0.39 is 0 Å². The lowest BCUT2D eigenvalue weighted by molar-refractivity contribution is 0.0767. The van der Waals surface area contributed by atoms with Crippen molar-refractivity contribution in [2.75, 3.05) is 31.1 Å². The molecule has 0 radical (unpaired) electrons. The highest BCUT2D eigenvalue weighted by atomic mass is 35.5. The summed E-state index contributed by atoms with van der Waals surface area (Å²) in [5.41, 5.74) is 4.34. The minimum absolute atomic E-state index is 0.0383. The van der Waals surface area contributed by atoms with Crippen molar-refractivity contribution in [2.24, 2.45) is 0 Å². The zero-order chi connectivity index (χ0) is 21.9. The van der Waals surface area contributed by atoms with Crippen LogP contribution in [0, 0.1) is 0 Å². The molecule has 0 spiro atoms. The predicted molar refractivity (Wildman–Crippen MR) is 129 cm³/mol. The topological polar surface area (TPSA) is 49.3 Å². The molecule has 3 aromatic carbocycles. The van der Waals surface area contributed by atoms with E-state index >= 15 is 0 Å². The summed E-state index contributed by atoms with van der Waals surface area (Å²) in [6, 6.07) is 25.2. The van der Waals surface area contributed by atoms with Crippen LogP contribution >= 0.6 is 11.6 Å². The molecule has 2 heterocycles.